The highest BCUT2D eigenvalue weighted by atomic mass is 35.5. The highest BCUT2D eigenvalue weighted by Gasteiger charge is 2.40. The maximum Gasteiger partial charge on any atom is 0.406 e. The number of aromatic nitrogens is 1. The average Bonchev–Trinajstić information content (AvgIpc) is 3.30. The van der Waals surface area contributed by atoms with E-state index in [-0.39, 0.29) is 48.0 Å². The smallest absolute Gasteiger partial charge is 0.359 e. The van der Waals surface area contributed by atoms with Crippen molar-refractivity contribution in [2.45, 2.75) is 50.9 Å². The fourth-order valence-electron chi connectivity index (χ4n) is 6.74. The SMILES string of the molecule is N#Cc1c[nH]c2c(Cl)cc3c(c12)CN(CC(F)(F)F)C(=O)[C@H](CC(=O)N1CCC(N2CCc4ccccc4NC2=O)CC1)C3. The number of nitrogens with zero attached hydrogens (tertiary/aromatic N) is 4. The van der Waals surface area contributed by atoms with Crippen molar-refractivity contribution in [3.05, 3.63) is 63.8 Å². The van der Waals surface area contributed by atoms with E-state index >= 15 is 0 Å². The second kappa shape index (κ2) is 11.7. The number of nitrogens with one attached hydrogen (secondary N) is 2. The van der Waals surface area contributed by atoms with Crippen LogP contribution in [0, 0.1) is 17.2 Å². The summed E-state index contributed by atoms with van der Waals surface area (Å²) < 4.78 is 40.8. The molecule has 230 valence electrons. The minimum atomic E-state index is -4.65. The number of amides is 4. The Kier molecular flexibility index (Phi) is 7.92. The summed E-state index contributed by atoms with van der Waals surface area (Å²) >= 11 is 6.47. The molecule has 3 aliphatic rings. The van der Waals surface area contributed by atoms with Crippen LogP contribution >= 0.6 is 11.6 Å². The van der Waals surface area contributed by atoms with Gasteiger partial charge in [0.2, 0.25) is 11.8 Å². The number of carbonyl (C=O) groups is 3. The van der Waals surface area contributed by atoms with Gasteiger partial charge in [0.1, 0.15) is 12.6 Å². The monoisotopic (exact) mass is 626 g/mol. The molecule has 44 heavy (non-hydrogen) atoms. The van der Waals surface area contributed by atoms with Gasteiger partial charge < -0.3 is 25.0 Å². The first-order valence-corrected chi connectivity index (χ1v) is 14.9. The van der Waals surface area contributed by atoms with Crippen molar-refractivity contribution in [2.24, 2.45) is 5.92 Å². The number of benzene rings is 2. The third-order valence-electron chi connectivity index (χ3n) is 8.90. The summed E-state index contributed by atoms with van der Waals surface area (Å²) in [6, 6.07) is 11.1. The summed E-state index contributed by atoms with van der Waals surface area (Å²) in [5.74, 6) is -2.12. The molecule has 4 heterocycles. The van der Waals surface area contributed by atoms with Crippen molar-refractivity contribution < 1.29 is 27.6 Å². The number of carbonyl (C=O) groups excluding carboxylic acids is 3. The van der Waals surface area contributed by atoms with Crippen LogP contribution in [0.1, 0.15) is 41.5 Å². The number of alkyl halides is 3. The summed E-state index contributed by atoms with van der Waals surface area (Å²) in [4.78, 5) is 47.1. The topological polar surface area (TPSA) is 113 Å². The van der Waals surface area contributed by atoms with Crippen LogP contribution in [0.15, 0.2) is 36.5 Å². The van der Waals surface area contributed by atoms with Crippen LogP contribution in [-0.2, 0) is 29.0 Å². The van der Waals surface area contributed by atoms with Gasteiger partial charge in [-0.3, -0.25) is 9.59 Å². The number of likely N-dealkylation sites (tertiary alicyclic amines) is 1. The number of aromatic amines is 1. The van der Waals surface area contributed by atoms with E-state index in [1.165, 1.54) is 6.20 Å². The zero-order valence-electron chi connectivity index (χ0n) is 23.7. The molecular weight excluding hydrogens is 597 g/mol. The van der Waals surface area contributed by atoms with Crippen LogP contribution in [0.5, 0.6) is 0 Å². The number of para-hydroxylation sites is 1. The van der Waals surface area contributed by atoms with Crippen molar-refractivity contribution in [3.8, 4) is 6.07 Å². The largest absolute Gasteiger partial charge is 0.406 e. The van der Waals surface area contributed by atoms with Crippen LogP contribution in [0.2, 0.25) is 5.02 Å². The van der Waals surface area contributed by atoms with Crippen LogP contribution in [0.4, 0.5) is 23.7 Å². The average molecular weight is 627 g/mol. The molecule has 0 unspecified atom stereocenters. The molecule has 0 bridgehead atoms. The van der Waals surface area contributed by atoms with Gasteiger partial charge in [0.15, 0.2) is 0 Å². The predicted octanol–water partition coefficient (Wildman–Crippen LogP) is 5.23. The molecule has 0 saturated carbocycles. The van der Waals surface area contributed by atoms with Gasteiger partial charge in [-0.15, -0.1) is 0 Å². The van der Waals surface area contributed by atoms with Gasteiger partial charge in [-0.25, -0.2) is 4.79 Å². The summed E-state index contributed by atoms with van der Waals surface area (Å²) in [6.07, 6.45) is -1.64. The second-order valence-corrected chi connectivity index (χ2v) is 12.0. The minimum Gasteiger partial charge on any atom is -0.359 e. The lowest BCUT2D eigenvalue weighted by Gasteiger charge is -2.38. The van der Waals surface area contributed by atoms with E-state index < -0.39 is 24.5 Å². The van der Waals surface area contributed by atoms with Crippen molar-refractivity contribution in [2.75, 3.05) is 31.5 Å². The number of halogens is 4. The Morgan fingerprint density at radius 3 is 2.59 bits per heavy atom. The molecule has 0 radical (unpaired) electrons. The lowest BCUT2D eigenvalue weighted by atomic mass is 9.91. The number of urea groups is 1. The maximum absolute atomic E-state index is 13.6. The fraction of sp³-hybridized carbons (Fsp3) is 0.419. The molecule has 0 aliphatic carbocycles. The first-order valence-electron chi connectivity index (χ1n) is 14.5. The molecule has 13 heteroatoms. The molecule has 1 aromatic heterocycles. The predicted molar refractivity (Wildman–Crippen MR) is 157 cm³/mol. The fourth-order valence-corrected chi connectivity index (χ4v) is 7.02. The minimum absolute atomic E-state index is 0.0188. The Hall–Kier alpha value is -4.24. The first-order chi connectivity index (χ1) is 21.0. The van der Waals surface area contributed by atoms with E-state index in [0.29, 0.717) is 60.9 Å². The van der Waals surface area contributed by atoms with Gasteiger partial charge in [-0.05, 0) is 54.5 Å². The Morgan fingerprint density at radius 2 is 1.86 bits per heavy atom. The number of fused-ring (bicyclic) bond motifs is 4. The number of hydrogen-bond donors (Lipinski definition) is 2. The van der Waals surface area contributed by atoms with Crippen molar-refractivity contribution >= 4 is 46.0 Å². The number of rotatable bonds is 4. The Bertz CT molecular complexity index is 1670. The molecule has 6 rings (SSSR count). The Balaban J connectivity index is 1.18. The molecule has 1 atom stereocenters. The van der Waals surface area contributed by atoms with Crippen LogP contribution < -0.4 is 5.32 Å². The van der Waals surface area contributed by atoms with E-state index in [4.69, 9.17) is 11.6 Å². The molecule has 0 spiro atoms. The molecule has 2 aromatic carbocycles. The molecule has 9 nitrogen and oxygen atoms in total. The standard InChI is InChI=1S/C31H30ClF3N6O3/c32-24-12-19-11-20(29(43)40(17-31(33,34)35)16-23(19)27-21(14-36)15-37-28(24)27)13-26(42)39-8-6-22(7-9-39)41-10-5-18-3-1-2-4-25(18)38-30(41)44/h1-4,12,15,20,22,37H,5-11,13,16-17H2,(H,38,44)/t20-/m0/s1. The highest BCUT2D eigenvalue weighted by molar-refractivity contribution is 6.35. The van der Waals surface area contributed by atoms with E-state index in [9.17, 15) is 32.8 Å². The van der Waals surface area contributed by atoms with Crippen molar-refractivity contribution in [1.82, 2.24) is 19.7 Å². The third-order valence-corrected chi connectivity index (χ3v) is 9.20. The Morgan fingerprint density at radius 1 is 1.11 bits per heavy atom. The molecule has 3 aliphatic heterocycles. The van der Waals surface area contributed by atoms with E-state index in [2.05, 4.69) is 10.3 Å². The number of hydrogen-bond acceptors (Lipinski definition) is 4. The number of H-pyrrole nitrogens is 1. The summed E-state index contributed by atoms with van der Waals surface area (Å²) in [7, 11) is 0. The molecule has 2 N–H and O–H groups in total. The maximum atomic E-state index is 13.6. The van der Waals surface area contributed by atoms with Gasteiger partial charge in [0.05, 0.1) is 22.0 Å². The van der Waals surface area contributed by atoms with Gasteiger partial charge in [-0.2, -0.15) is 18.4 Å². The van der Waals surface area contributed by atoms with Crippen LogP contribution in [0.3, 0.4) is 0 Å². The quantitative estimate of drug-likeness (QED) is 0.413. The van der Waals surface area contributed by atoms with E-state index in [1.54, 1.807) is 11.0 Å². The van der Waals surface area contributed by atoms with E-state index in [1.807, 2.05) is 35.2 Å². The molecule has 1 saturated heterocycles. The van der Waals surface area contributed by atoms with Gasteiger partial charge in [0, 0.05) is 55.9 Å². The highest BCUT2D eigenvalue weighted by Crippen LogP contribution is 2.37. The third kappa shape index (κ3) is 5.80. The lowest BCUT2D eigenvalue weighted by molar-refractivity contribution is -0.165. The van der Waals surface area contributed by atoms with Crippen LogP contribution in [0.25, 0.3) is 10.9 Å². The number of nitriles is 1. The first kappa shape index (κ1) is 29.8. The Labute approximate surface area is 256 Å². The molecule has 3 aromatic rings. The van der Waals surface area contributed by atoms with Gasteiger partial charge in [-0.1, -0.05) is 29.8 Å². The second-order valence-electron chi connectivity index (χ2n) is 11.6. The number of piperidine rings is 1. The van der Waals surface area contributed by atoms with Crippen molar-refractivity contribution in [3.63, 3.8) is 0 Å². The summed E-state index contributed by atoms with van der Waals surface area (Å²) in [6.45, 7) is -0.543. The molecular formula is C31H30ClF3N6O3. The van der Waals surface area contributed by atoms with Gasteiger partial charge >= 0.3 is 12.2 Å². The summed E-state index contributed by atoms with van der Waals surface area (Å²) in [5, 5.41) is 13.3. The zero-order chi connectivity index (χ0) is 31.2. The number of anilines is 1. The van der Waals surface area contributed by atoms with Crippen molar-refractivity contribution in [1.29, 1.82) is 5.26 Å². The van der Waals surface area contributed by atoms with E-state index in [0.717, 1.165) is 16.2 Å². The van der Waals surface area contributed by atoms with Gasteiger partial charge in [0.25, 0.3) is 0 Å². The molecule has 4 amide bonds. The molecule has 1 fully saturated rings. The summed E-state index contributed by atoms with van der Waals surface area (Å²) in [5.41, 5.74) is 3.46. The zero-order valence-corrected chi connectivity index (χ0v) is 24.5. The lowest BCUT2D eigenvalue weighted by Crippen LogP contribution is -2.50. The van der Waals surface area contributed by atoms with Crippen LogP contribution in [-0.4, -0.2) is 75.9 Å². The normalized spacial score (nSPS) is 19.6.